The van der Waals surface area contributed by atoms with Crippen molar-refractivity contribution in [2.24, 2.45) is 0 Å². The van der Waals surface area contributed by atoms with Crippen molar-refractivity contribution in [2.45, 2.75) is 6.54 Å². The summed E-state index contributed by atoms with van der Waals surface area (Å²) in [5, 5.41) is 3.11. The largest absolute Gasteiger partial charge is 0.369 e. The first kappa shape index (κ1) is 12.4. The molecule has 0 saturated carbocycles. The summed E-state index contributed by atoms with van der Waals surface area (Å²) in [5.41, 5.74) is 2.34. The SMILES string of the molecule is CNCc1cccc(N2CCS(=O)(=O)CC2)c1. The van der Waals surface area contributed by atoms with E-state index in [0.717, 1.165) is 12.2 Å². The summed E-state index contributed by atoms with van der Waals surface area (Å²) in [6.07, 6.45) is 0. The van der Waals surface area contributed by atoms with Crippen LogP contribution in [0.25, 0.3) is 0 Å². The van der Waals surface area contributed by atoms with Gasteiger partial charge in [-0.15, -0.1) is 0 Å². The summed E-state index contributed by atoms with van der Waals surface area (Å²) < 4.78 is 22.7. The number of hydrogen-bond acceptors (Lipinski definition) is 4. The predicted octanol–water partition coefficient (Wildman–Crippen LogP) is 0.641. The molecule has 1 N–H and O–H groups in total. The molecule has 0 radical (unpaired) electrons. The summed E-state index contributed by atoms with van der Waals surface area (Å²) in [5.74, 6) is 0.534. The minimum atomic E-state index is -2.80. The Morgan fingerprint density at radius 3 is 2.65 bits per heavy atom. The van der Waals surface area contributed by atoms with Gasteiger partial charge in [0.1, 0.15) is 0 Å². The molecule has 94 valence electrons. The zero-order valence-corrected chi connectivity index (χ0v) is 10.8. The van der Waals surface area contributed by atoms with Crippen molar-refractivity contribution in [1.82, 2.24) is 5.32 Å². The predicted molar refractivity (Wildman–Crippen MR) is 70.1 cm³/mol. The number of benzene rings is 1. The molecule has 1 aliphatic heterocycles. The molecule has 0 aliphatic carbocycles. The standard InChI is InChI=1S/C12H18N2O2S/c1-13-10-11-3-2-4-12(9-11)14-5-7-17(15,16)8-6-14/h2-4,9,13H,5-8,10H2,1H3. The lowest BCUT2D eigenvalue weighted by atomic mass is 10.2. The van der Waals surface area contributed by atoms with Crippen molar-refractivity contribution in [1.29, 1.82) is 0 Å². The van der Waals surface area contributed by atoms with E-state index < -0.39 is 9.84 Å². The quantitative estimate of drug-likeness (QED) is 0.860. The number of rotatable bonds is 3. The summed E-state index contributed by atoms with van der Waals surface area (Å²) in [7, 11) is -0.881. The van der Waals surface area contributed by atoms with Crippen LogP contribution in [-0.2, 0) is 16.4 Å². The molecule has 1 fully saturated rings. The fourth-order valence-electron chi connectivity index (χ4n) is 2.04. The Hall–Kier alpha value is -1.07. The third kappa shape index (κ3) is 3.20. The van der Waals surface area contributed by atoms with Crippen LogP contribution in [0.3, 0.4) is 0 Å². The normalized spacial score (nSPS) is 19.2. The first-order valence-electron chi connectivity index (χ1n) is 5.80. The lowest BCUT2D eigenvalue weighted by Crippen LogP contribution is -2.40. The number of hydrogen-bond donors (Lipinski definition) is 1. The molecular weight excluding hydrogens is 236 g/mol. The van der Waals surface area contributed by atoms with Gasteiger partial charge in [0.15, 0.2) is 9.84 Å². The van der Waals surface area contributed by atoms with Gasteiger partial charge >= 0.3 is 0 Å². The molecule has 1 aromatic rings. The molecule has 0 spiro atoms. The molecule has 1 heterocycles. The molecule has 1 aliphatic rings. The van der Waals surface area contributed by atoms with Gasteiger partial charge in [-0.25, -0.2) is 8.42 Å². The van der Waals surface area contributed by atoms with E-state index in [2.05, 4.69) is 22.3 Å². The molecule has 1 saturated heterocycles. The van der Waals surface area contributed by atoms with E-state index in [4.69, 9.17) is 0 Å². The van der Waals surface area contributed by atoms with Crippen LogP contribution in [0, 0.1) is 0 Å². The Kier molecular flexibility index (Phi) is 3.69. The fraction of sp³-hybridized carbons (Fsp3) is 0.500. The molecule has 1 aromatic carbocycles. The maximum Gasteiger partial charge on any atom is 0.153 e. The Morgan fingerprint density at radius 1 is 1.29 bits per heavy atom. The van der Waals surface area contributed by atoms with Crippen LogP contribution in [0.2, 0.25) is 0 Å². The highest BCUT2D eigenvalue weighted by Crippen LogP contribution is 2.18. The van der Waals surface area contributed by atoms with Crippen molar-refractivity contribution in [3.05, 3.63) is 29.8 Å². The smallest absolute Gasteiger partial charge is 0.153 e. The molecule has 0 amide bonds. The summed E-state index contributed by atoms with van der Waals surface area (Å²) >= 11 is 0. The zero-order chi connectivity index (χ0) is 12.3. The van der Waals surface area contributed by atoms with Crippen LogP contribution in [0.1, 0.15) is 5.56 Å². The summed E-state index contributed by atoms with van der Waals surface area (Å²) in [6, 6.07) is 8.25. The minimum Gasteiger partial charge on any atom is -0.369 e. The highest BCUT2D eigenvalue weighted by Gasteiger charge is 2.21. The molecule has 5 heteroatoms. The molecule has 0 bridgehead atoms. The third-order valence-electron chi connectivity index (χ3n) is 3.00. The van der Waals surface area contributed by atoms with Crippen molar-refractivity contribution in [3.63, 3.8) is 0 Å². The van der Waals surface area contributed by atoms with E-state index >= 15 is 0 Å². The number of nitrogens with one attached hydrogen (secondary N) is 1. The van der Waals surface area contributed by atoms with Gasteiger partial charge in [-0.05, 0) is 24.7 Å². The average Bonchev–Trinajstić information content (AvgIpc) is 2.30. The van der Waals surface area contributed by atoms with Gasteiger partial charge in [0, 0.05) is 25.3 Å². The maximum absolute atomic E-state index is 11.4. The fourth-order valence-corrected chi connectivity index (χ4v) is 3.24. The van der Waals surface area contributed by atoms with Crippen LogP contribution in [0.4, 0.5) is 5.69 Å². The Balaban J connectivity index is 2.10. The zero-order valence-electron chi connectivity index (χ0n) is 10.0. The summed E-state index contributed by atoms with van der Waals surface area (Å²) in [6.45, 7) is 2.04. The van der Waals surface area contributed by atoms with Gasteiger partial charge in [-0.2, -0.15) is 0 Å². The van der Waals surface area contributed by atoms with Gasteiger partial charge < -0.3 is 10.2 Å². The first-order chi connectivity index (χ1) is 8.11. The minimum absolute atomic E-state index is 0.267. The second kappa shape index (κ2) is 5.06. The van der Waals surface area contributed by atoms with E-state index in [1.54, 1.807) is 0 Å². The van der Waals surface area contributed by atoms with Crippen molar-refractivity contribution in [3.8, 4) is 0 Å². The van der Waals surface area contributed by atoms with E-state index in [1.165, 1.54) is 5.56 Å². The molecule has 17 heavy (non-hydrogen) atoms. The molecule has 0 aromatic heterocycles. The lowest BCUT2D eigenvalue weighted by Gasteiger charge is -2.29. The first-order valence-corrected chi connectivity index (χ1v) is 7.62. The third-order valence-corrected chi connectivity index (χ3v) is 4.61. The molecule has 4 nitrogen and oxygen atoms in total. The highest BCUT2D eigenvalue weighted by molar-refractivity contribution is 7.91. The molecule has 0 atom stereocenters. The van der Waals surface area contributed by atoms with Crippen LogP contribution >= 0.6 is 0 Å². The lowest BCUT2D eigenvalue weighted by molar-refractivity contribution is 0.587. The van der Waals surface area contributed by atoms with E-state index in [-0.39, 0.29) is 11.5 Å². The Bertz CT molecular complexity index is 471. The van der Waals surface area contributed by atoms with Gasteiger partial charge in [0.2, 0.25) is 0 Å². The second-order valence-corrected chi connectivity index (χ2v) is 6.64. The maximum atomic E-state index is 11.4. The number of anilines is 1. The second-order valence-electron chi connectivity index (χ2n) is 4.34. The number of nitrogens with zero attached hydrogens (tertiary/aromatic N) is 1. The van der Waals surface area contributed by atoms with E-state index in [0.29, 0.717) is 13.1 Å². The van der Waals surface area contributed by atoms with Gasteiger partial charge in [0.05, 0.1) is 11.5 Å². The van der Waals surface area contributed by atoms with Crippen LogP contribution in [0.5, 0.6) is 0 Å². The Morgan fingerprint density at radius 2 is 2.00 bits per heavy atom. The van der Waals surface area contributed by atoms with Crippen LogP contribution < -0.4 is 10.2 Å². The van der Waals surface area contributed by atoms with E-state index in [9.17, 15) is 8.42 Å². The van der Waals surface area contributed by atoms with Crippen molar-refractivity contribution >= 4 is 15.5 Å². The molecule has 2 rings (SSSR count). The van der Waals surface area contributed by atoms with Crippen LogP contribution in [-0.4, -0.2) is 40.1 Å². The topological polar surface area (TPSA) is 49.4 Å². The molecule has 0 unspecified atom stereocenters. The van der Waals surface area contributed by atoms with Gasteiger partial charge in [-0.3, -0.25) is 0 Å². The van der Waals surface area contributed by atoms with E-state index in [1.807, 2.05) is 19.2 Å². The van der Waals surface area contributed by atoms with Gasteiger partial charge in [0.25, 0.3) is 0 Å². The van der Waals surface area contributed by atoms with Gasteiger partial charge in [-0.1, -0.05) is 12.1 Å². The van der Waals surface area contributed by atoms with Crippen molar-refractivity contribution < 1.29 is 8.42 Å². The summed E-state index contributed by atoms with van der Waals surface area (Å²) in [4.78, 5) is 2.14. The van der Waals surface area contributed by atoms with Crippen molar-refractivity contribution in [2.75, 3.05) is 36.5 Å². The Labute approximate surface area is 103 Å². The monoisotopic (exact) mass is 254 g/mol. The number of sulfone groups is 1. The molecular formula is C12H18N2O2S. The van der Waals surface area contributed by atoms with Crippen LogP contribution in [0.15, 0.2) is 24.3 Å². The average molecular weight is 254 g/mol. The highest BCUT2D eigenvalue weighted by atomic mass is 32.2.